The molecule has 20 heteroatoms. The number of nitrogens with one attached hydrogen (secondary N) is 7. The largest absolute Gasteiger partial charge is 0.480 e. The number of H-pyrrole nitrogens is 1. The lowest BCUT2D eigenvalue weighted by Gasteiger charge is -2.30. The fourth-order valence-corrected chi connectivity index (χ4v) is 7.05. The van der Waals surface area contributed by atoms with Crippen LogP contribution in [0, 0.1) is 5.92 Å². The third-order valence-electron chi connectivity index (χ3n) is 10.4. The van der Waals surface area contributed by atoms with Crippen molar-refractivity contribution in [1.82, 2.24) is 51.7 Å². The molecule has 3 fully saturated rings. The van der Waals surface area contributed by atoms with Crippen molar-refractivity contribution in [2.75, 3.05) is 32.8 Å². The molecule has 0 saturated carbocycles. The molecule has 0 aliphatic carbocycles. The summed E-state index contributed by atoms with van der Waals surface area (Å²) in [4.78, 5) is 113. The predicted molar refractivity (Wildman–Crippen MR) is 193 cm³/mol. The van der Waals surface area contributed by atoms with Gasteiger partial charge in [-0.25, -0.2) is 9.78 Å². The maximum absolute atomic E-state index is 13.6. The standard InChI is InChI=1S/C35H54N10O10/c1-4-19(2)28(33(52)38-16-27(47)44-12-6-9-25(44)31(50)41-23(35(54)55)14-21-15-36-18-39-21)43-32(51)26-10-7-13-45(26)34(53)20(3)40-30(49)24(17-46)42-29(48)22-8-5-11-37-22/h15,18-20,22-26,28,37,46H,4-14,16-17H2,1-3H3,(H,36,39)(H,38,52)(H,40,49)(H,41,50)(H,42,48)(H,43,51)(H,54,55)/t19-,20-,22-,23-,24-,25-,26-,28-/m0/s1. The molecule has 3 aliphatic heterocycles. The van der Waals surface area contributed by atoms with Crippen molar-refractivity contribution in [3.8, 4) is 0 Å². The number of nitrogens with zero attached hydrogens (tertiary/aromatic N) is 3. The van der Waals surface area contributed by atoms with E-state index in [1.165, 1.54) is 29.2 Å². The number of aliphatic hydroxyl groups is 1. The Balaban J connectivity index is 1.31. The average molecular weight is 775 g/mol. The van der Waals surface area contributed by atoms with Crippen LogP contribution in [-0.2, 0) is 44.8 Å². The van der Waals surface area contributed by atoms with Crippen molar-refractivity contribution in [1.29, 1.82) is 0 Å². The summed E-state index contributed by atoms with van der Waals surface area (Å²) in [5.41, 5.74) is 0.510. The molecule has 0 unspecified atom stereocenters. The fourth-order valence-electron chi connectivity index (χ4n) is 7.05. The Morgan fingerprint density at radius 3 is 2.11 bits per heavy atom. The summed E-state index contributed by atoms with van der Waals surface area (Å²) in [6.45, 7) is 4.99. The summed E-state index contributed by atoms with van der Waals surface area (Å²) in [6, 6.07) is -7.05. The van der Waals surface area contributed by atoms with Gasteiger partial charge in [-0.2, -0.15) is 0 Å². The number of hydrogen-bond acceptors (Lipinski definition) is 11. The van der Waals surface area contributed by atoms with Crippen molar-refractivity contribution in [2.24, 2.45) is 5.92 Å². The van der Waals surface area contributed by atoms with Gasteiger partial charge in [0.25, 0.3) is 0 Å². The highest BCUT2D eigenvalue weighted by Crippen LogP contribution is 2.21. The molecule has 3 saturated heterocycles. The average Bonchev–Trinajstić information content (AvgIpc) is 4.01. The van der Waals surface area contributed by atoms with E-state index in [1.54, 1.807) is 6.92 Å². The molecule has 0 radical (unpaired) electrons. The van der Waals surface area contributed by atoms with Crippen molar-refractivity contribution in [2.45, 2.75) is 114 Å². The van der Waals surface area contributed by atoms with Crippen LogP contribution < -0.4 is 31.9 Å². The first kappa shape index (κ1) is 42.6. The number of rotatable bonds is 18. The number of aromatic amines is 1. The molecule has 0 aromatic carbocycles. The first-order valence-corrected chi connectivity index (χ1v) is 18.9. The second-order valence-electron chi connectivity index (χ2n) is 14.3. The molecule has 1 aromatic rings. The van der Waals surface area contributed by atoms with Crippen molar-refractivity contribution < 1.29 is 48.6 Å². The molecule has 0 bridgehead atoms. The number of carboxylic acids is 1. The number of amides is 7. The number of likely N-dealkylation sites (tertiary alicyclic amines) is 2. The fraction of sp³-hybridized carbons (Fsp3) is 0.686. The highest BCUT2D eigenvalue weighted by atomic mass is 16.4. The number of carbonyl (C=O) groups excluding carboxylic acids is 7. The first-order chi connectivity index (χ1) is 26.2. The summed E-state index contributed by atoms with van der Waals surface area (Å²) >= 11 is 0. The van der Waals surface area contributed by atoms with Gasteiger partial charge < -0.3 is 56.9 Å². The van der Waals surface area contributed by atoms with Crippen LogP contribution in [0.3, 0.4) is 0 Å². The number of hydrogen-bond donors (Lipinski definition) is 9. The Kier molecular flexibility index (Phi) is 15.5. The van der Waals surface area contributed by atoms with E-state index in [0.29, 0.717) is 50.8 Å². The summed E-state index contributed by atoms with van der Waals surface area (Å²) in [5, 5.41) is 35.3. The van der Waals surface area contributed by atoms with Gasteiger partial charge in [-0.15, -0.1) is 0 Å². The molecule has 1 aromatic heterocycles. The van der Waals surface area contributed by atoms with Gasteiger partial charge in [0.2, 0.25) is 41.4 Å². The van der Waals surface area contributed by atoms with Gasteiger partial charge in [-0.05, 0) is 57.9 Å². The first-order valence-electron chi connectivity index (χ1n) is 18.9. The zero-order valence-corrected chi connectivity index (χ0v) is 31.5. The third-order valence-corrected chi connectivity index (χ3v) is 10.4. The summed E-state index contributed by atoms with van der Waals surface area (Å²) in [5.74, 6) is -5.76. The van der Waals surface area contributed by atoms with Gasteiger partial charge in [0.1, 0.15) is 36.3 Å². The Bertz CT molecular complexity index is 1550. The van der Waals surface area contributed by atoms with Crippen LogP contribution in [0.2, 0.25) is 0 Å². The minimum Gasteiger partial charge on any atom is -0.480 e. The molecule has 55 heavy (non-hydrogen) atoms. The number of imidazole rings is 1. The normalized spacial score (nSPS) is 22.1. The molecule has 3 aliphatic rings. The predicted octanol–water partition coefficient (Wildman–Crippen LogP) is -3.12. The van der Waals surface area contributed by atoms with Crippen LogP contribution >= 0.6 is 0 Å². The number of carbonyl (C=O) groups is 8. The summed E-state index contributed by atoms with van der Waals surface area (Å²) in [6.07, 6.45) is 6.30. The molecule has 0 spiro atoms. The molecular weight excluding hydrogens is 720 g/mol. The van der Waals surface area contributed by atoms with Crippen LogP contribution in [0.15, 0.2) is 12.5 Å². The minimum absolute atomic E-state index is 0.0343. The van der Waals surface area contributed by atoms with Crippen LogP contribution in [-0.4, -0.2) is 152 Å². The lowest BCUT2D eigenvalue weighted by molar-refractivity contribution is -0.144. The Labute approximate surface area is 318 Å². The molecular formula is C35H54N10O10. The third kappa shape index (κ3) is 11.2. The van der Waals surface area contributed by atoms with Gasteiger partial charge in [0.05, 0.1) is 25.5 Å². The second-order valence-corrected chi connectivity index (χ2v) is 14.3. The highest BCUT2D eigenvalue weighted by Gasteiger charge is 2.40. The van der Waals surface area contributed by atoms with Crippen LogP contribution in [0.25, 0.3) is 0 Å². The zero-order valence-electron chi connectivity index (χ0n) is 31.5. The molecule has 304 valence electrons. The maximum Gasteiger partial charge on any atom is 0.326 e. The van der Waals surface area contributed by atoms with Crippen molar-refractivity contribution >= 4 is 47.3 Å². The topological polar surface area (TPSA) is 284 Å². The van der Waals surface area contributed by atoms with Crippen molar-refractivity contribution in [3.05, 3.63) is 18.2 Å². The number of aliphatic carboxylic acids is 1. The number of aromatic nitrogens is 2. The molecule has 9 N–H and O–H groups in total. The van der Waals surface area contributed by atoms with Crippen molar-refractivity contribution in [3.63, 3.8) is 0 Å². The van der Waals surface area contributed by atoms with E-state index in [9.17, 15) is 48.6 Å². The van der Waals surface area contributed by atoms with Gasteiger partial charge in [0.15, 0.2) is 0 Å². The maximum atomic E-state index is 13.6. The van der Waals surface area contributed by atoms with E-state index < -0.39 is 103 Å². The second kappa shape index (κ2) is 20.0. The zero-order chi connectivity index (χ0) is 40.2. The lowest BCUT2D eigenvalue weighted by Crippen LogP contribution is -2.59. The summed E-state index contributed by atoms with van der Waals surface area (Å²) < 4.78 is 0. The number of carboxylic acid groups (broad SMARTS) is 1. The molecule has 20 nitrogen and oxygen atoms in total. The van der Waals surface area contributed by atoms with E-state index in [2.05, 4.69) is 41.9 Å². The molecule has 8 atom stereocenters. The van der Waals surface area contributed by atoms with Gasteiger partial charge in [0, 0.05) is 31.4 Å². The van der Waals surface area contributed by atoms with E-state index in [1.807, 2.05) is 6.92 Å². The van der Waals surface area contributed by atoms with Gasteiger partial charge >= 0.3 is 5.97 Å². The van der Waals surface area contributed by atoms with Crippen LogP contribution in [0.5, 0.6) is 0 Å². The minimum atomic E-state index is -1.28. The summed E-state index contributed by atoms with van der Waals surface area (Å²) in [7, 11) is 0. The molecule has 7 amide bonds. The quantitative estimate of drug-likeness (QED) is 0.0717. The number of aliphatic hydroxyl groups excluding tert-OH is 1. The Morgan fingerprint density at radius 1 is 0.855 bits per heavy atom. The van der Waals surface area contributed by atoms with E-state index in [0.717, 1.165) is 6.42 Å². The smallest absolute Gasteiger partial charge is 0.326 e. The molecule has 4 heterocycles. The van der Waals surface area contributed by atoms with Gasteiger partial charge in [-0.1, -0.05) is 20.3 Å². The Morgan fingerprint density at radius 2 is 1.51 bits per heavy atom. The highest BCUT2D eigenvalue weighted by molar-refractivity contribution is 5.97. The SMILES string of the molecule is CC[C@H](C)[C@H](NC(=O)[C@@H]1CCCN1C(=O)[C@H](C)NC(=O)[C@H](CO)NC(=O)[C@@H]1CCCN1)C(=O)NCC(=O)N1CCC[C@H]1C(=O)N[C@@H](Cc1cnc[nH]1)C(=O)O. The van der Waals surface area contributed by atoms with E-state index in [4.69, 9.17) is 0 Å². The van der Waals surface area contributed by atoms with E-state index in [-0.39, 0.29) is 25.4 Å². The van der Waals surface area contributed by atoms with Gasteiger partial charge in [-0.3, -0.25) is 33.6 Å². The van der Waals surface area contributed by atoms with Crippen LogP contribution in [0.1, 0.15) is 71.4 Å². The van der Waals surface area contributed by atoms with Crippen LogP contribution in [0.4, 0.5) is 0 Å². The Hall–Kier alpha value is -5.11. The molecule has 4 rings (SSSR count). The lowest BCUT2D eigenvalue weighted by atomic mass is 9.97. The van der Waals surface area contributed by atoms with E-state index >= 15 is 0 Å². The monoisotopic (exact) mass is 774 g/mol.